The van der Waals surface area contributed by atoms with Crippen molar-refractivity contribution in [1.82, 2.24) is 29.5 Å². The molecule has 41 heavy (non-hydrogen) atoms. The van der Waals surface area contributed by atoms with Gasteiger partial charge in [-0.3, -0.25) is 19.6 Å². The molecule has 0 radical (unpaired) electrons. The summed E-state index contributed by atoms with van der Waals surface area (Å²) in [5, 5.41) is 19.0. The SMILES string of the molecule is CC(=O)Nc1nc2c(s1)-c1c(c(-c3cccnc3)nn1-c1cc(F)c(C(O)N3CCN(C(C)C)CC3)cc1F)CC2. The van der Waals surface area contributed by atoms with Crippen molar-refractivity contribution >= 4 is 22.4 Å². The molecule has 1 aromatic carbocycles. The quantitative estimate of drug-likeness (QED) is 0.349. The maximum atomic E-state index is 15.9. The van der Waals surface area contributed by atoms with E-state index in [0.717, 1.165) is 46.9 Å². The van der Waals surface area contributed by atoms with E-state index in [9.17, 15) is 9.90 Å². The summed E-state index contributed by atoms with van der Waals surface area (Å²) in [6, 6.07) is 6.23. The predicted octanol–water partition coefficient (Wildman–Crippen LogP) is 4.41. The number of fused-ring (bicyclic) bond motifs is 3. The Morgan fingerprint density at radius 2 is 1.85 bits per heavy atom. The molecule has 0 saturated carbocycles. The third-order valence-electron chi connectivity index (χ3n) is 7.72. The normalized spacial score (nSPS) is 16.5. The fourth-order valence-corrected chi connectivity index (χ4v) is 6.71. The fraction of sp³-hybridized carbons (Fsp3) is 0.379. The van der Waals surface area contributed by atoms with Crippen molar-refractivity contribution in [3.05, 3.63) is 65.1 Å². The van der Waals surface area contributed by atoms with Gasteiger partial charge in [-0.15, -0.1) is 0 Å². The van der Waals surface area contributed by atoms with E-state index in [0.29, 0.717) is 48.5 Å². The topological polar surface area (TPSA) is 99.4 Å². The number of benzene rings is 1. The summed E-state index contributed by atoms with van der Waals surface area (Å²) in [5.41, 5.74) is 3.44. The van der Waals surface area contributed by atoms with Crippen LogP contribution >= 0.6 is 11.3 Å². The number of aromatic nitrogens is 4. The number of halogens is 2. The van der Waals surface area contributed by atoms with Gasteiger partial charge in [0, 0.05) is 74.3 Å². The minimum atomic E-state index is -1.27. The number of aliphatic hydroxyl groups excluding tert-OH is 1. The molecule has 1 unspecified atom stereocenters. The number of pyridine rings is 1. The molecule has 1 saturated heterocycles. The molecular weight excluding hydrogens is 548 g/mol. The summed E-state index contributed by atoms with van der Waals surface area (Å²) in [6.45, 7) is 8.22. The van der Waals surface area contributed by atoms with E-state index in [1.54, 1.807) is 23.4 Å². The third-order valence-corrected chi connectivity index (χ3v) is 8.74. The van der Waals surface area contributed by atoms with Crippen molar-refractivity contribution in [2.75, 3.05) is 31.5 Å². The van der Waals surface area contributed by atoms with E-state index >= 15 is 8.78 Å². The number of aryl methyl sites for hydroxylation is 1. The first kappa shape index (κ1) is 27.6. The summed E-state index contributed by atoms with van der Waals surface area (Å²) in [6.07, 6.45) is 3.28. The molecule has 12 heteroatoms. The fourth-order valence-electron chi connectivity index (χ4n) is 5.59. The average molecular weight is 580 g/mol. The van der Waals surface area contributed by atoms with Gasteiger partial charge in [-0.2, -0.15) is 5.10 Å². The largest absolute Gasteiger partial charge is 0.374 e. The number of anilines is 1. The molecule has 0 bridgehead atoms. The molecule has 214 valence electrons. The molecule has 2 N–H and O–H groups in total. The van der Waals surface area contributed by atoms with Gasteiger partial charge < -0.3 is 10.4 Å². The maximum Gasteiger partial charge on any atom is 0.223 e. The molecule has 1 aliphatic carbocycles. The summed E-state index contributed by atoms with van der Waals surface area (Å²) in [7, 11) is 0. The van der Waals surface area contributed by atoms with Gasteiger partial charge in [0.2, 0.25) is 5.91 Å². The molecule has 1 atom stereocenters. The highest BCUT2D eigenvalue weighted by Crippen LogP contribution is 2.44. The van der Waals surface area contributed by atoms with E-state index < -0.39 is 17.9 Å². The first-order valence-corrected chi connectivity index (χ1v) is 14.5. The zero-order valence-electron chi connectivity index (χ0n) is 23.1. The zero-order valence-corrected chi connectivity index (χ0v) is 23.9. The van der Waals surface area contributed by atoms with Gasteiger partial charge in [0.15, 0.2) is 5.13 Å². The van der Waals surface area contributed by atoms with Crippen molar-refractivity contribution in [2.24, 2.45) is 0 Å². The second kappa shape index (κ2) is 11.0. The van der Waals surface area contributed by atoms with Gasteiger partial charge in [-0.1, -0.05) is 11.3 Å². The van der Waals surface area contributed by atoms with Crippen molar-refractivity contribution in [2.45, 2.75) is 45.9 Å². The van der Waals surface area contributed by atoms with Crippen LogP contribution in [0.1, 0.15) is 43.8 Å². The molecule has 6 rings (SSSR count). The van der Waals surface area contributed by atoms with Crippen molar-refractivity contribution in [1.29, 1.82) is 0 Å². The number of piperazine rings is 1. The first-order chi connectivity index (χ1) is 19.7. The van der Waals surface area contributed by atoms with Crippen LogP contribution in [0.4, 0.5) is 13.9 Å². The Morgan fingerprint density at radius 1 is 1.10 bits per heavy atom. The van der Waals surface area contributed by atoms with Gasteiger partial charge in [0.05, 0.1) is 22.0 Å². The lowest BCUT2D eigenvalue weighted by Gasteiger charge is -2.39. The summed E-state index contributed by atoms with van der Waals surface area (Å²) < 4.78 is 33.0. The van der Waals surface area contributed by atoms with Crippen molar-refractivity contribution in [3.63, 3.8) is 0 Å². The lowest BCUT2D eigenvalue weighted by atomic mass is 9.95. The van der Waals surface area contributed by atoms with Crippen LogP contribution in [0.3, 0.4) is 0 Å². The van der Waals surface area contributed by atoms with Crippen molar-refractivity contribution in [3.8, 4) is 27.5 Å². The number of carbonyl (C=O) groups excluding carboxylic acids is 1. The van der Waals surface area contributed by atoms with Gasteiger partial charge in [-0.05, 0) is 44.9 Å². The second-order valence-electron chi connectivity index (χ2n) is 10.7. The van der Waals surface area contributed by atoms with E-state index in [1.807, 2.05) is 6.07 Å². The Bertz CT molecular complexity index is 1600. The van der Waals surface area contributed by atoms with E-state index in [4.69, 9.17) is 5.10 Å². The van der Waals surface area contributed by atoms with Crippen LogP contribution in [0, 0.1) is 11.6 Å². The number of hydrogen-bond donors (Lipinski definition) is 2. The lowest BCUT2D eigenvalue weighted by molar-refractivity contribution is -0.114. The maximum absolute atomic E-state index is 15.9. The Labute approximate surface area is 240 Å². The third kappa shape index (κ3) is 5.16. The number of carbonyl (C=O) groups is 1. The van der Waals surface area contributed by atoms with Crippen LogP contribution in [0.5, 0.6) is 0 Å². The number of thiazole rings is 1. The molecular formula is C29H31F2N7O2S. The number of nitrogens with one attached hydrogen (secondary N) is 1. The number of hydrogen-bond acceptors (Lipinski definition) is 8. The lowest BCUT2D eigenvalue weighted by Crippen LogP contribution is -2.49. The molecule has 0 spiro atoms. The van der Waals surface area contributed by atoms with Crippen LogP contribution in [0.2, 0.25) is 0 Å². The molecule has 1 amide bonds. The molecule has 9 nitrogen and oxygen atoms in total. The highest BCUT2D eigenvalue weighted by Gasteiger charge is 2.32. The Balaban J connectivity index is 1.42. The van der Waals surface area contributed by atoms with Crippen LogP contribution in [0.25, 0.3) is 27.5 Å². The first-order valence-electron chi connectivity index (χ1n) is 13.7. The standard InChI is InChI=1S/C29H31F2N7O2S/c1-16(2)36-9-11-37(12-10-36)28(40)20-13-22(31)24(14-21(20)30)38-26-19(25(35-38)18-5-4-8-32-15-18)6-7-23-27(26)41-29(34-23)33-17(3)39/h4-5,8,13-16,28,40H,6-7,9-12H2,1-3H3,(H,33,34,39). The monoisotopic (exact) mass is 579 g/mol. The summed E-state index contributed by atoms with van der Waals surface area (Å²) in [4.78, 5) is 25.3. The van der Waals surface area contributed by atoms with E-state index in [-0.39, 0.29) is 17.2 Å². The molecule has 2 aliphatic rings. The smallest absolute Gasteiger partial charge is 0.223 e. The Hall–Kier alpha value is -3.58. The van der Waals surface area contributed by atoms with Gasteiger partial charge in [0.25, 0.3) is 0 Å². The van der Waals surface area contributed by atoms with Gasteiger partial charge in [-0.25, -0.2) is 18.4 Å². The second-order valence-corrected chi connectivity index (χ2v) is 11.7. The van der Waals surface area contributed by atoms with Crippen molar-refractivity contribution < 1.29 is 18.7 Å². The number of aliphatic hydroxyl groups is 1. The molecule has 4 aromatic rings. The molecule has 1 aliphatic heterocycles. The van der Waals surface area contributed by atoms with E-state index in [2.05, 4.69) is 34.0 Å². The number of amides is 1. The summed E-state index contributed by atoms with van der Waals surface area (Å²) in [5.74, 6) is -1.66. The summed E-state index contributed by atoms with van der Waals surface area (Å²) >= 11 is 1.28. The zero-order chi connectivity index (χ0) is 28.8. The molecule has 4 heterocycles. The Morgan fingerprint density at radius 3 is 2.54 bits per heavy atom. The number of nitrogens with zero attached hydrogens (tertiary/aromatic N) is 6. The Kier molecular flexibility index (Phi) is 7.41. The highest BCUT2D eigenvalue weighted by molar-refractivity contribution is 7.19. The van der Waals surface area contributed by atoms with Gasteiger partial charge >= 0.3 is 0 Å². The highest BCUT2D eigenvalue weighted by atomic mass is 32.1. The van der Waals surface area contributed by atoms with Crippen LogP contribution < -0.4 is 5.32 Å². The van der Waals surface area contributed by atoms with Crippen LogP contribution in [0.15, 0.2) is 36.7 Å². The van der Waals surface area contributed by atoms with Crippen LogP contribution in [-0.2, 0) is 17.6 Å². The molecule has 3 aromatic heterocycles. The minimum absolute atomic E-state index is 0.0724. The predicted molar refractivity (Wildman–Crippen MR) is 153 cm³/mol. The van der Waals surface area contributed by atoms with E-state index in [1.165, 1.54) is 22.9 Å². The molecule has 1 fully saturated rings. The average Bonchev–Trinajstić information content (AvgIpc) is 3.55. The van der Waals surface area contributed by atoms with Gasteiger partial charge in [0.1, 0.15) is 23.5 Å². The minimum Gasteiger partial charge on any atom is -0.374 e. The number of rotatable bonds is 6. The van der Waals surface area contributed by atoms with Crippen LogP contribution in [-0.4, -0.2) is 72.8 Å².